The Kier molecular flexibility index (Phi) is 5.93. The van der Waals surface area contributed by atoms with Crippen molar-refractivity contribution in [3.63, 3.8) is 0 Å². The number of carbonyl (C=O) groups is 1. The highest BCUT2D eigenvalue weighted by molar-refractivity contribution is 5.85. The van der Waals surface area contributed by atoms with E-state index < -0.39 is 0 Å². The van der Waals surface area contributed by atoms with Crippen LogP contribution in [-0.2, 0) is 4.79 Å². The summed E-state index contributed by atoms with van der Waals surface area (Å²) in [6.07, 6.45) is 5.71. The Balaban J connectivity index is 0.00000162. The third-order valence-electron chi connectivity index (χ3n) is 4.39. The summed E-state index contributed by atoms with van der Waals surface area (Å²) in [7, 11) is 0. The van der Waals surface area contributed by atoms with Crippen LogP contribution in [0.2, 0.25) is 0 Å². The second-order valence-electron chi connectivity index (χ2n) is 5.69. The Hall–Kier alpha value is -0.280. The second kappa shape index (κ2) is 6.76. The van der Waals surface area contributed by atoms with Crippen LogP contribution in [0.1, 0.15) is 46.0 Å². The van der Waals surface area contributed by atoms with E-state index in [-0.39, 0.29) is 12.4 Å². The maximum absolute atomic E-state index is 12.5. The SMILES string of the molecule is CCCN(CCC)C(=O)C1CC12CCNCC2.Cl. The van der Waals surface area contributed by atoms with E-state index in [2.05, 4.69) is 24.1 Å². The molecule has 0 aromatic heterocycles. The summed E-state index contributed by atoms with van der Waals surface area (Å²) < 4.78 is 0. The van der Waals surface area contributed by atoms with Gasteiger partial charge in [0.1, 0.15) is 0 Å². The lowest BCUT2D eigenvalue weighted by molar-refractivity contribution is -0.133. The van der Waals surface area contributed by atoms with Crippen LogP contribution in [0.15, 0.2) is 0 Å². The minimum atomic E-state index is 0. The van der Waals surface area contributed by atoms with Gasteiger partial charge in [0.2, 0.25) is 5.91 Å². The molecule has 106 valence electrons. The van der Waals surface area contributed by atoms with Crippen LogP contribution in [0, 0.1) is 11.3 Å². The molecule has 3 nitrogen and oxygen atoms in total. The van der Waals surface area contributed by atoms with Crippen LogP contribution < -0.4 is 5.32 Å². The van der Waals surface area contributed by atoms with Gasteiger partial charge in [0.05, 0.1) is 0 Å². The van der Waals surface area contributed by atoms with Gasteiger partial charge in [-0.05, 0) is 50.6 Å². The van der Waals surface area contributed by atoms with Crippen LogP contribution in [-0.4, -0.2) is 37.0 Å². The normalized spacial score (nSPS) is 24.4. The molecule has 1 saturated carbocycles. The zero-order valence-electron chi connectivity index (χ0n) is 11.7. The summed E-state index contributed by atoms with van der Waals surface area (Å²) in [5.41, 5.74) is 0.391. The molecule has 0 aromatic rings. The molecule has 1 aliphatic carbocycles. The zero-order chi connectivity index (χ0) is 12.3. The number of halogens is 1. The Bertz CT molecular complexity index is 271. The average Bonchev–Trinajstić information content (AvgIpc) is 3.03. The van der Waals surface area contributed by atoms with Crippen molar-refractivity contribution >= 4 is 18.3 Å². The van der Waals surface area contributed by atoms with Gasteiger partial charge in [0.15, 0.2) is 0 Å². The third kappa shape index (κ3) is 3.18. The number of rotatable bonds is 5. The fourth-order valence-corrected chi connectivity index (χ4v) is 3.27. The lowest BCUT2D eigenvalue weighted by atomic mass is 9.91. The highest BCUT2D eigenvalue weighted by Crippen LogP contribution is 2.59. The van der Waals surface area contributed by atoms with E-state index in [9.17, 15) is 4.79 Å². The molecule has 1 saturated heterocycles. The molecule has 2 aliphatic rings. The van der Waals surface area contributed by atoms with Crippen molar-refractivity contribution in [2.45, 2.75) is 46.0 Å². The van der Waals surface area contributed by atoms with Crippen LogP contribution in [0.5, 0.6) is 0 Å². The first kappa shape index (κ1) is 15.8. The van der Waals surface area contributed by atoms with E-state index in [0.717, 1.165) is 45.4 Å². The molecule has 1 amide bonds. The summed E-state index contributed by atoms with van der Waals surface area (Å²) in [6, 6.07) is 0. The number of amides is 1. The van der Waals surface area contributed by atoms with Gasteiger partial charge in [-0.1, -0.05) is 13.8 Å². The molecule has 2 rings (SSSR count). The molecule has 1 spiro atoms. The van der Waals surface area contributed by atoms with Crippen molar-refractivity contribution in [3.05, 3.63) is 0 Å². The lowest BCUT2D eigenvalue weighted by Gasteiger charge is -2.26. The molecule has 1 unspecified atom stereocenters. The number of hydrogen-bond donors (Lipinski definition) is 1. The monoisotopic (exact) mass is 274 g/mol. The molecule has 0 radical (unpaired) electrons. The number of carbonyl (C=O) groups excluding carboxylic acids is 1. The van der Waals surface area contributed by atoms with Gasteiger partial charge in [0, 0.05) is 19.0 Å². The topological polar surface area (TPSA) is 32.3 Å². The van der Waals surface area contributed by atoms with Gasteiger partial charge >= 0.3 is 0 Å². The van der Waals surface area contributed by atoms with E-state index in [1.54, 1.807) is 0 Å². The number of nitrogens with zero attached hydrogens (tertiary/aromatic N) is 1. The largest absolute Gasteiger partial charge is 0.342 e. The molecule has 0 aromatic carbocycles. The first-order valence-corrected chi connectivity index (χ1v) is 7.23. The summed E-state index contributed by atoms with van der Waals surface area (Å²) in [4.78, 5) is 14.6. The lowest BCUT2D eigenvalue weighted by Crippen LogP contribution is -2.37. The Morgan fingerprint density at radius 3 is 2.28 bits per heavy atom. The molecule has 1 atom stereocenters. The van der Waals surface area contributed by atoms with E-state index in [1.807, 2.05) is 0 Å². The highest BCUT2D eigenvalue weighted by Gasteiger charge is 2.58. The Labute approximate surface area is 117 Å². The van der Waals surface area contributed by atoms with Crippen molar-refractivity contribution in [2.75, 3.05) is 26.2 Å². The van der Waals surface area contributed by atoms with Crippen molar-refractivity contribution < 1.29 is 4.79 Å². The number of hydrogen-bond acceptors (Lipinski definition) is 2. The molecule has 1 aliphatic heterocycles. The first-order valence-electron chi connectivity index (χ1n) is 7.23. The smallest absolute Gasteiger partial charge is 0.226 e. The first-order chi connectivity index (χ1) is 8.23. The van der Waals surface area contributed by atoms with Gasteiger partial charge in [0.25, 0.3) is 0 Å². The molecule has 4 heteroatoms. The van der Waals surface area contributed by atoms with E-state index >= 15 is 0 Å². The standard InChI is InChI=1S/C14H26N2O.ClH/c1-3-9-16(10-4-2)13(17)12-11-14(12)5-7-15-8-6-14;/h12,15H,3-11H2,1-2H3;1H. The maximum atomic E-state index is 12.5. The molecular formula is C14H27ClN2O. The van der Waals surface area contributed by atoms with Gasteiger partial charge in [-0.3, -0.25) is 4.79 Å². The Morgan fingerprint density at radius 1 is 1.22 bits per heavy atom. The minimum absolute atomic E-state index is 0. The highest BCUT2D eigenvalue weighted by atomic mass is 35.5. The van der Waals surface area contributed by atoms with Crippen LogP contribution in [0.4, 0.5) is 0 Å². The van der Waals surface area contributed by atoms with Crippen molar-refractivity contribution in [1.82, 2.24) is 10.2 Å². The zero-order valence-corrected chi connectivity index (χ0v) is 12.5. The molecule has 1 N–H and O–H groups in total. The van der Waals surface area contributed by atoms with Gasteiger partial charge in [-0.15, -0.1) is 12.4 Å². The summed E-state index contributed by atoms with van der Waals surface area (Å²) in [6.45, 7) is 8.40. The quantitative estimate of drug-likeness (QED) is 0.835. The van der Waals surface area contributed by atoms with E-state index in [4.69, 9.17) is 0 Å². The van der Waals surface area contributed by atoms with Crippen LogP contribution >= 0.6 is 12.4 Å². The summed E-state index contributed by atoms with van der Waals surface area (Å²) in [5, 5.41) is 3.39. The number of piperidine rings is 1. The predicted molar refractivity (Wildman–Crippen MR) is 77.1 cm³/mol. The van der Waals surface area contributed by atoms with Crippen molar-refractivity contribution in [2.24, 2.45) is 11.3 Å². The van der Waals surface area contributed by atoms with E-state index in [1.165, 1.54) is 12.8 Å². The van der Waals surface area contributed by atoms with Crippen LogP contribution in [0.3, 0.4) is 0 Å². The van der Waals surface area contributed by atoms with Crippen molar-refractivity contribution in [3.8, 4) is 0 Å². The summed E-state index contributed by atoms with van der Waals surface area (Å²) in [5.74, 6) is 0.790. The molecule has 0 bridgehead atoms. The van der Waals surface area contributed by atoms with E-state index in [0.29, 0.717) is 17.2 Å². The second-order valence-corrected chi connectivity index (χ2v) is 5.69. The average molecular weight is 275 g/mol. The Morgan fingerprint density at radius 2 is 1.78 bits per heavy atom. The molecular weight excluding hydrogens is 248 g/mol. The fourth-order valence-electron chi connectivity index (χ4n) is 3.27. The van der Waals surface area contributed by atoms with Gasteiger partial charge in [-0.2, -0.15) is 0 Å². The van der Waals surface area contributed by atoms with Crippen LogP contribution in [0.25, 0.3) is 0 Å². The predicted octanol–water partition coefficient (Wildman–Crippen LogP) is 2.45. The van der Waals surface area contributed by atoms with Gasteiger partial charge < -0.3 is 10.2 Å². The number of nitrogens with one attached hydrogen (secondary N) is 1. The third-order valence-corrected chi connectivity index (χ3v) is 4.39. The van der Waals surface area contributed by atoms with Gasteiger partial charge in [-0.25, -0.2) is 0 Å². The minimum Gasteiger partial charge on any atom is -0.342 e. The molecule has 2 fully saturated rings. The molecule has 18 heavy (non-hydrogen) atoms. The fraction of sp³-hybridized carbons (Fsp3) is 0.929. The van der Waals surface area contributed by atoms with Crippen molar-refractivity contribution in [1.29, 1.82) is 0 Å². The maximum Gasteiger partial charge on any atom is 0.226 e. The molecule has 1 heterocycles. The summed E-state index contributed by atoms with van der Waals surface area (Å²) >= 11 is 0.